The molecular formula is C17H21N4O2+. The van der Waals surface area contributed by atoms with Crippen molar-refractivity contribution in [1.82, 2.24) is 14.7 Å². The second-order valence-corrected chi connectivity index (χ2v) is 5.88. The molecule has 0 spiro atoms. The fourth-order valence-corrected chi connectivity index (χ4v) is 2.62. The predicted octanol–water partition coefficient (Wildman–Crippen LogP) is 0.851. The maximum atomic E-state index is 12.4. The average molecular weight is 313 g/mol. The van der Waals surface area contributed by atoms with E-state index in [1.807, 2.05) is 55.8 Å². The molecule has 3 rings (SSSR count). The summed E-state index contributed by atoms with van der Waals surface area (Å²) in [6.07, 6.45) is 3.42. The Bertz CT molecular complexity index is 805. The van der Waals surface area contributed by atoms with Gasteiger partial charge in [-0.15, -0.1) is 0 Å². The largest absolute Gasteiger partial charge is 0.463 e. The molecule has 6 heteroatoms. The Morgan fingerprint density at radius 1 is 1.35 bits per heavy atom. The number of aromatic nitrogens is 2. The highest BCUT2D eigenvalue weighted by molar-refractivity contribution is 5.92. The van der Waals surface area contributed by atoms with E-state index in [4.69, 9.17) is 4.42 Å². The van der Waals surface area contributed by atoms with Crippen LogP contribution in [0.15, 0.2) is 47.2 Å². The molecule has 0 saturated carbocycles. The SMILES string of the molecule is Cc1cccc2nc(C(=O)NCC(c3ccco3)[NH+](C)C)cn12. The summed E-state index contributed by atoms with van der Waals surface area (Å²) in [7, 11) is 4.07. The maximum absolute atomic E-state index is 12.4. The van der Waals surface area contributed by atoms with Gasteiger partial charge in [0.05, 0.1) is 26.9 Å². The Labute approximate surface area is 134 Å². The second-order valence-electron chi connectivity index (χ2n) is 5.88. The molecule has 1 atom stereocenters. The van der Waals surface area contributed by atoms with Gasteiger partial charge in [0.1, 0.15) is 11.3 Å². The summed E-state index contributed by atoms with van der Waals surface area (Å²) in [5.74, 6) is 0.682. The number of pyridine rings is 1. The zero-order chi connectivity index (χ0) is 16.4. The number of amides is 1. The number of hydrogen-bond donors (Lipinski definition) is 2. The number of fused-ring (bicyclic) bond motifs is 1. The highest BCUT2D eigenvalue weighted by Crippen LogP contribution is 2.11. The molecule has 120 valence electrons. The van der Waals surface area contributed by atoms with Crippen LogP contribution in [-0.2, 0) is 0 Å². The van der Waals surface area contributed by atoms with Crippen LogP contribution in [0.25, 0.3) is 5.65 Å². The lowest BCUT2D eigenvalue weighted by molar-refractivity contribution is -0.891. The molecule has 3 aromatic rings. The van der Waals surface area contributed by atoms with Crippen LogP contribution in [0.1, 0.15) is 28.0 Å². The van der Waals surface area contributed by atoms with Crippen molar-refractivity contribution in [2.75, 3.05) is 20.6 Å². The number of nitrogens with zero attached hydrogens (tertiary/aromatic N) is 2. The number of rotatable bonds is 5. The Hall–Kier alpha value is -2.60. The van der Waals surface area contributed by atoms with Gasteiger partial charge in [-0.1, -0.05) is 6.07 Å². The zero-order valence-electron chi connectivity index (χ0n) is 13.5. The summed E-state index contributed by atoms with van der Waals surface area (Å²) in [4.78, 5) is 18.0. The average Bonchev–Trinajstić information content (AvgIpc) is 3.16. The van der Waals surface area contributed by atoms with Gasteiger partial charge in [0, 0.05) is 11.9 Å². The van der Waals surface area contributed by atoms with Gasteiger partial charge in [0.15, 0.2) is 11.8 Å². The lowest BCUT2D eigenvalue weighted by Crippen LogP contribution is -3.07. The van der Waals surface area contributed by atoms with E-state index in [2.05, 4.69) is 10.3 Å². The smallest absolute Gasteiger partial charge is 0.271 e. The van der Waals surface area contributed by atoms with Crippen molar-refractivity contribution < 1.29 is 14.1 Å². The molecule has 0 bridgehead atoms. The van der Waals surface area contributed by atoms with E-state index in [1.54, 1.807) is 12.5 Å². The van der Waals surface area contributed by atoms with E-state index < -0.39 is 0 Å². The molecule has 0 aliphatic carbocycles. The van der Waals surface area contributed by atoms with E-state index in [9.17, 15) is 4.79 Å². The summed E-state index contributed by atoms with van der Waals surface area (Å²) < 4.78 is 7.38. The van der Waals surface area contributed by atoms with Crippen LogP contribution in [-0.4, -0.2) is 35.9 Å². The second kappa shape index (κ2) is 6.26. The third-order valence-corrected chi connectivity index (χ3v) is 3.98. The summed E-state index contributed by atoms with van der Waals surface area (Å²) in [6.45, 7) is 2.47. The number of nitrogens with one attached hydrogen (secondary N) is 2. The molecule has 0 aliphatic heterocycles. The number of imidazole rings is 1. The topological polar surface area (TPSA) is 64.0 Å². The normalized spacial score (nSPS) is 12.7. The molecule has 1 amide bonds. The minimum atomic E-state index is -0.175. The molecular weight excluding hydrogens is 292 g/mol. The van der Waals surface area contributed by atoms with Crippen molar-refractivity contribution in [2.24, 2.45) is 0 Å². The fourth-order valence-electron chi connectivity index (χ4n) is 2.62. The Balaban J connectivity index is 1.74. The number of carbonyl (C=O) groups excluding carboxylic acids is 1. The van der Waals surface area contributed by atoms with Crippen molar-refractivity contribution in [3.05, 3.63) is 59.9 Å². The Morgan fingerprint density at radius 3 is 2.83 bits per heavy atom. The third-order valence-electron chi connectivity index (χ3n) is 3.98. The van der Waals surface area contributed by atoms with Crippen molar-refractivity contribution in [2.45, 2.75) is 13.0 Å². The van der Waals surface area contributed by atoms with E-state index in [1.165, 1.54) is 4.90 Å². The van der Waals surface area contributed by atoms with Crippen LogP contribution in [0, 0.1) is 6.92 Å². The highest BCUT2D eigenvalue weighted by atomic mass is 16.3. The number of likely N-dealkylation sites (N-methyl/N-ethyl adjacent to an activating group) is 1. The first kappa shape index (κ1) is 15.3. The van der Waals surface area contributed by atoms with Gasteiger partial charge in [-0.3, -0.25) is 4.79 Å². The number of aryl methyl sites for hydroxylation is 1. The Kier molecular flexibility index (Phi) is 4.16. The van der Waals surface area contributed by atoms with Gasteiger partial charge in [-0.05, 0) is 31.2 Å². The standard InChI is InChI=1S/C17H20N4O2/c1-12-6-4-8-16-19-13(11-21(12)16)17(22)18-10-14(20(2)3)15-7-5-9-23-15/h4-9,11,14H,10H2,1-3H3,(H,18,22)/p+1. The van der Waals surface area contributed by atoms with Gasteiger partial charge in [0.25, 0.3) is 5.91 Å². The minimum absolute atomic E-state index is 0.0627. The van der Waals surface area contributed by atoms with Gasteiger partial charge < -0.3 is 19.0 Å². The number of carbonyl (C=O) groups is 1. The molecule has 0 saturated heterocycles. The number of quaternary nitrogens is 1. The van der Waals surface area contributed by atoms with E-state index in [-0.39, 0.29) is 11.9 Å². The molecule has 3 heterocycles. The number of furan rings is 1. The van der Waals surface area contributed by atoms with Gasteiger partial charge in [-0.25, -0.2) is 4.98 Å². The first-order valence-electron chi connectivity index (χ1n) is 7.62. The van der Waals surface area contributed by atoms with Crippen molar-refractivity contribution in [1.29, 1.82) is 0 Å². The molecule has 0 aromatic carbocycles. The van der Waals surface area contributed by atoms with Crippen LogP contribution in [0.3, 0.4) is 0 Å². The molecule has 3 aromatic heterocycles. The van der Waals surface area contributed by atoms with Crippen LogP contribution >= 0.6 is 0 Å². The quantitative estimate of drug-likeness (QED) is 0.734. The first-order chi connectivity index (χ1) is 11.1. The molecule has 23 heavy (non-hydrogen) atoms. The monoisotopic (exact) mass is 313 g/mol. The van der Waals surface area contributed by atoms with Crippen molar-refractivity contribution >= 4 is 11.6 Å². The summed E-state index contributed by atoms with van der Waals surface area (Å²) in [5.41, 5.74) is 2.24. The van der Waals surface area contributed by atoms with E-state index in [0.29, 0.717) is 12.2 Å². The molecule has 1 unspecified atom stereocenters. The minimum Gasteiger partial charge on any atom is -0.463 e. The van der Waals surface area contributed by atoms with Gasteiger partial charge in [-0.2, -0.15) is 0 Å². The molecule has 2 N–H and O–H groups in total. The lowest BCUT2D eigenvalue weighted by Gasteiger charge is -2.19. The maximum Gasteiger partial charge on any atom is 0.271 e. The first-order valence-corrected chi connectivity index (χ1v) is 7.62. The van der Waals surface area contributed by atoms with Crippen molar-refractivity contribution in [3.8, 4) is 0 Å². The Morgan fingerprint density at radius 2 is 2.17 bits per heavy atom. The van der Waals surface area contributed by atoms with Crippen LogP contribution < -0.4 is 10.2 Å². The third kappa shape index (κ3) is 3.12. The van der Waals surface area contributed by atoms with Gasteiger partial charge >= 0.3 is 0 Å². The lowest BCUT2D eigenvalue weighted by atomic mass is 10.2. The molecule has 0 radical (unpaired) electrons. The number of hydrogen-bond acceptors (Lipinski definition) is 3. The van der Waals surface area contributed by atoms with Crippen molar-refractivity contribution in [3.63, 3.8) is 0 Å². The van der Waals surface area contributed by atoms with E-state index in [0.717, 1.165) is 17.1 Å². The van der Waals surface area contributed by atoms with E-state index >= 15 is 0 Å². The zero-order valence-corrected chi connectivity index (χ0v) is 13.5. The van der Waals surface area contributed by atoms with Crippen LogP contribution in [0.5, 0.6) is 0 Å². The van der Waals surface area contributed by atoms with Crippen LogP contribution in [0.2, 0.25) is 0 Å². The summed E-state index contributed by atoms with van der Waals surface area (Å²) >= 11 is 0. The molecule has 0 fully saturated rings. The fraction of sp³-hybridized carbons (Fsp3) is 0.294. The molecule has 0 aliphatic rings. The molecule has 6 nitrogen and oxygen atoms in total. The predicted molar refractivity (Wildman–Crippen MR) is 86.5 cm³/mol. The summed E-state index contributed by atoms with van der Waals surface area (Å²) in [6, 6.07) is 9.66. The van der Waals surface area contributed by atoms with Crippen LogP contribution in [0.4, 0.5) is 0 Å². The summed E-state index contributed by atoms with van der Waals surface area (Å²) in [5, 5.41) is 2.95. The van der Waals surface area contributed by atoms with Gasteiger partial charge in [0.2, 0.25) is 0 Å². The highest BCUT2D eigenvalue weighted by Gasteiger charge is 2.22.